The van der Waals surface area contributed by atoms with E-state index < -0.39 is 0 Å². The number of anilines is 1. The average Bonchev–Trinajstić information content (AvgIpc) is 2.91. The van der Waals surface area contributed by atoms with Crippen molar-refractivity contribution >= 4 is 22.9 Å². The van der Waals surface area contributed by atoms with Crippen molar-refractivity contribution in [1.82, 2.24) is 10.3 Å². The molecule has 112 valence electrons. The summed E-state index contributed by atoms with van der Waals surface area (Å²) in [6.45, 7) is 6.85. The first-order valence-electron chi connectivity index (χ1n) is 7.16. The second-order valence-corrected chi connectivity index (χ2v) is 5.89. The quantitative estimate of drug-likeness (QED) is 0.854. The number of thiazole rings is 1. The molecule has 0 aliphatic rings. The first-order valence-corrected chi connectivity index (χ1v) is 8.04. The minimum Gasteiger partial charge on any atom is -0.378 e. The highest BCUT2D eigenvalue weighted by molar-refractivity contribution is 7.09. The third kappa shape index (κ3) is 4.04. The third-order valence-electron chi connectivity index (χ3n) is 3.22. The van der Waals surface area contributed by atoms with E-state index in [4.69, 9.17) is 0 Å². The van der Waals surface area contributed by atoms with Gasteiger partial charge >= 0.3 is 0 Å². The molecule has 5 heteroatoms. The molecule has 1 unspecified atom stereocenters. The van der Waals surface area contributed by atoms with Crippen molar-refractivity contribution in [3.63, 3.8) is 0 Å². The zero-order valence-corrected chi connectivity index (χ0v) is 13.5. The highest BCUT2D eigenvalue weighted by Crippen LogP contribution is 2.25. The summed E-state index contributed by atoms with van der Waals surface area (Å²) in [4.78, 5) is 17.5. The van der Waals surface area contributed by atoms with Crippen LogP contribution < -0.4 is 10.6 Å². The predicted octanol–water partition coefficient (Wildman–Crippen LogP) is 3.76. The molecule has 1 atom stereocenters. The lowest BCUT2D eigenvalue weighted by Gasteiger charge is -2.15. The molecule has 1 aromatic carbocycles. The van der Waals surface area contributed by atoms with Crippen molar-refractivity contribution in [2.75, 3.05) is 11.9 Å². The molecule has 0 fully saturated rings. The molecular weight excluding hydrogens is 282 g/mol. The van der Waals surface area contributed by atoms with Gasteiger partial charge in [-0.2, -0.15) is 0 Å². The number of carbonyl (C=O) groups excluding carboxylic acids is 1. The summed E-state index contributed by atoms with van der Waals surface area (Å²) < 4.78 is 0. The van der Waals surface area contributed by atoms with Crippen LogP contribution in [0.4, 0.5) is 5.69 Å². The molecular formula is C16H21N3OS. The van der Waals surface area contributed by atoms with Crippen LogP contribution in [0.2, 0.25) is 0 Å². The molecule has 2 aromatic rings. The highest BCUT2D eigenvalue weighted by atomic mass is 32.1. The number of amides is 1. The van der Waals surface area contributed by atoms with Gasteiger partial charge in [0.25, 0.3) is 5.91 Å². The molecule has 0 aliphatic heterocycles. The SMILES string of the molecule is CCCNC(=O)c1cccc(NC(C)c2scnc2C)c1. The molecule has 0 aliphatic carbocycles. The lowest BCUT2D eigenvalue weighted by atomic mass is 10.1. The van der Waals surface area contributed by atoms with Gasteiger partial charge in [-0.1, -0.05) is 13.0 Å². The van der Waals surface area contributed by atoms with E-state index in [1.54, 1.807) is 11.3 Å². The Morgan fingerprint density at radius 3 is 2.90 bits per heavy atom. The first-order chi connectivity index (χ1) is 10.1. The van der Waals surface area contributed by atoms with Crippen molar-refractivity contribution < 1.29 is 4.79 Å². The van der Waals surface area contributed by atoms with Crippen molar-refractivity contribution in [3.8, 4) is 0 Å². The predicted molar refractivity (Wildman–Crippen MR) is 88.0 cm³/mol. The Hall–Kier alpha value is -1.88. The molecule has 21 heavy (non-hydrogen) atoms. The number of aryl methyl sites for hydroxylation is 1. The molecule has 2 N–H and O–H groups in total. The third-order valence-corrected chi connectivity index (χ3v) is 4.33. The summed E-state index contributed by atoms with van der Waals surface area (Å²) in [6.07, 6.45) is 0.936. The molecule has 1 aromatic heterocycles. The standard InChI is InChI=1S/C16H21N3OS/c1-4-8-17-16(20)13-6-5-7-14(9-13)19-12(3)15-11(2)18-10-21-15/h5-7,9-10,12,19H,4,8H2,1-3H3,(H,17,20). The number of aromatic nitrogens is 1. The fourth-order valence-corrected chi connectivity index (χ4v) is 2.94. The van der Waals surface area contributed by atoms with Gasteiger partial charge in [0, 0.05) is 22.7 Å². The highest BCUT2D eigenvalue weighted by Gasteiger charge is 2.12. The van der Waals surface area contributed by atoms with Crippen LogP contribution in [0.25, 0.3) is 0 Å². The van der Waals surface area contributed by atoms with Crippen LogP contribution in [0.15, 0.2) is 29.8 Å². The van der Waals surface area contributed by atoms with E-state index in [0.717, 1.165) is 17.8 Å². The van der Waals surface area contributed by atoms with Gasteiger partial charge in [0.05, 0.1) is 17.2 Å². The largest absolute Gasteiger partial charge is 0.378 e. The fraction of sp³-hybridized carbons (Fsp3) is 0.375. The summed E-state index contributed by atoms with van der Waals surface area (Å²) in [7, 11) is 0. The normalized spacial score (nSPS) is 12.0. The maximum absolute atomic E-state index is 12.0. The summed E-state index contributed by atoms with van der Waals surface area (Å²) in [5.74, 6) is -0.0258. The van der Waals surface area contributed by atoms with Gasteiger partial charge in [0.1, 0.15) is 0 Å². The van der Waals surface area contributed by atoms with E-state index in [0.29, 0.717) is 12.1 Å². The lowest BCUT2D eigenvalue weighted by Crippen LogP contribution is -2.24. The minimum absolute atomic E-state index is 0.0258. The number of hydrogen-bond donors (Lipinski definition) is 2. The number of nitrogens with one attached hydrogen (secondary N) is 2. The van der Waals surface area contributed by atoms with Crippen LogP contribution >= 0.6 is 11.3 Å². The van der Waals surface area contributed by atoms with Crippen LogP contribution in [0, 0.1) is 6.92 Å². The maximum atomic E-state index is 12.0. The van der Waals surface area contributed by atoms with Crippen molar-refractivity contribution in [2.24, 2.45) is 0 Å². The maximum Gasteiger partial charge on any atom is 0.251 e. The zero-order valence-electron chi connectivity index (χ0n) is 12.6. The molecule has 0 radical (unpaired) electrons. The molecule has 0 saturated heterocycles. The van der Waals surface area contributed by atoms with Crippen LogP contribution in [0.5, 0.6) is 0 Å². The molecule has 1 heterocycles. The fourth-order valence-electron chi connectivity index (χ4n) is 2.13. The van der Waals surface area contributed by atoms with Crippen molar-refractivity contribution in [3.05, 3.63) is 45.9 Å². The number of rotatable bonds is 6. The number of carbonyl (C=O) groups is 1. The number of hydrogen-bond acceptors (Lipinski definition) is 4. The van der Waals surface area contributed by atoms with E-state index >= 15 is 0 Å². The molecule has 1 amide bonds. The van der Waals surface area contributed by atoms with Gasteiger partial charge in [0.2, 0.25) is 0 Å². The Bertz CT molecular complexity index is 609. The average molecular weight is 303 g/mol. The Morgan fingerprint density at radius 2 is 2.24 bits per heavy atom. The Balaban J connectivity index is 2.07. The Morgan fingerprint density at radius 1 is 1.43 bits per heavy atom. The van der Waals surface area contributed by atoms with Crippen LogP contribution in [0.1, 0.15) is 47.2 Å². The Labute approximate surface area is 129 Å². The second-order valence-electron chi connectivity index (χ2n) is 5.00. The van der Waals surface area contributed by atoms with Crippen LogP contribution in [-0.4, -0.2) is 17.4 Å². The molecule has 4 nitrogen and oxygen atoms in total. The molecule has 0 spiro atoms. The van der Waals surface area contributed by atoms with Crippen molar-refractivity contribution in [2.45, 2.75) is 33.2 Å². The lowest BCUT2D eigenvalue weighted by molar-refractivity contribution is 0.0953. The van der Waals surface area contributed by atoms with E-state index in [-0.39, 0.29) is 11.9 Å². The van der Waals surface area contributed by atoms with Gasteiger partial charge in [-0.05, 0) is 38.5 Å². The van der Waals surface area contributed by atoms with E-state index in [1.165, 1.54) is 4.88 Å². The smallest absolute Gasteiger partial charge is 0.251 e. The van der Waals surface area contributed by atoms with Gasteiger partial charge in [-0.25, -0.2) is 4.98 Å². The van der Waals surface area contributed by atoms with Gasteiger partial charge in [-0.15, -0.1) is 11.3 Å². The molecule has 0 saturated carbocycles. The number of benzene rings is 1. The summed E-state index contributed by atoms with van der Waals surface area (Å²) in [5, 5.41) is 6.32. The van der Waals surface area contributed by atoms with Crippen LogP contribution in [-0.2, 0) is 0 Å². The van der Waals surface area contributed by atoms with Gasteiger partial charge in [0.15, 0.2) is 0 Å². The first kappa shape index (κ1) is 15.5. The van der Waals surface area contributed by atoms with Crippen molar-refractivity contribution in [1.29, 1.82) is 0 Å². The summed E-state index contributed by atoms with van der Waals surface area (Å²) in [6, 6.07) is 7.77. The monoisotopic (exact) mass is 303 g/mol. The van der Waals surface area contributed by atoms with E-state index in [1.807, 2.05) is 43.6 Å². The van der Waals surface area contributed by atoms with E-state index in [9.17, 15) is 4.79 Å². The van der Waals surface area contributed by atoms with Gasteiger partial charge in [-0.3, -0.25) is 4.79 Å². The molecule has 2 rings (SSSR count). The molecule has 0 bridgehead atoms. The summed E-state index contributed by atoms with van der Waals surface area (Å²) in [5.41, 5.74) is 4.54. The zero-order chi connectivity index (χ0) is 15.2. The van der Waals surface area contributed by atoms with E-state index in [2.05, 4.69) is 22.5 Å². The van der Waals surface area contributed by atoms with Gasteiger partial charge < -0.3 is 10.6 Å². The number of nitrogens with zero attached hydrogens (tertiary/aromatic N) is 1. The van der Waals surface area contributed by atoms with Crippen LogP contribution in [0.3, 0.4) is 0 Å². The topological polar surface area (TPSA) is 54.0 Å². The Kier molecular flexibility index (Phi) is 5.33. The second kappa shape index (κ2) is 7.22. The summed E-state index contributed by atoms with van der Waals surface area (Å²) >= 11 is 1.65. The minimum atomic E-state index is -0.0258.